The molecule has 0 saturated heterocycles. The van der Waals surface area contributed by atoms with Crippen molar-refractivity contribution in [1.29, 1.82) is 0 Å². The van der Waals surface area contributed by atoms with Crippen LogP contribution < -0.4 is 18.3 Å². The van der Waals surface area contributed by atoms with Gasteiger partial charge in [0, 0.05) is 132 Å². The van der Waals surface area contributed by atoms with Gasteiger partial charge in [-0.15, -0.1) is 0 Å². The van der Waals surface area contributed by atoms with Gasteiger partial charge in [0.1, 0.15) is 28.2 Å². The summed E-state index contributed by atoms with van der Waals surface area (Å²) in [5, 5.41) is 7.60. The van der Waals surface area contributed by atoms with Gasteiger partial charge in [0.25, 0.3) is 0 Å². The van der Waals surface area contributed by atoms with Gasteiger partial charge in [0.15, 0.2) is 47.1 Å². The maximum Gasteiger partial charge on any atom is 0.227 e. The number of rotatable bonds is 16. The van der Waals surface area contributed by atoms with Gasteiger partial charge in [-0.05, 0) is 203 Å². The fraction of sp³-hybridized carbons (Fsp3) is 0.354. The normalized spacial score (nSPS) is 14.6. The molecule has 111 heavy (non-hydrogen) atoms. The van der Waals surface area contributed by atoms with E-state index >= 15 is 0 Å². The molecule has 0 bridgehead atoms. The summed E-state index contributed by atoms with van der Waals surface area (Å²) in [5.41, 5.74) is 22.8. The minimum Gasteiger partial charge on any atom is -0.437 e. The Balaban J connectivity index is 0.000000143. The van der Waals surface area contributed by atoms with Crippen LogP contribution in [0.1, 0.15) is 237 Å². The van der Waals surface area contributed by atoms with Crippen molar-refractivity contribution in [3.63, 3.8) is 0 Å². The Kier molecular flexibility index (Phi) is 18.3. The smallest absolute Gasteiger partial charge is 0.227 e. The number of benzene rings is 4. The third-order valence-electron chi connectivity index (χ3n) is 21.7. The van der Waals surface area contributed by atoms with E-state index in [9.17, 15) is 0 Å². The maximum absolute atomic E-state index is 8.35. The van der Waals surface area contributed by atoms with Crippen LogP contribution >= 0.6 is 0 Å². The fourth-order valence-electron chi connectivity index (χ4n) is 15.3. The zero-order valence-electron chi connectivity index (χ0n) is 82.7. The summed E-state index contributed by atoms with van der Waals surface area (Å²) in [6.45, 7) is 34.7. The molecule has 0 aliphatic carbocycles. The van der Waals surface area contributed by atoms with Crippen LogP contribution in [-0.2, 0) is 66.4 Å². The lowest BCUT2D eigenvalue weighted by atomic mass is 9.94. The molecule has 12 nitrogen and oxygen atoms in total. The largest absolute Gasteiger partial charge is 0.437 e. The van der Waals surface area contributed by atoms with Gasteiger partial charge in [0.05, 0.1) is 22.3 Å². The molecule has 0 unspecified atom stereocenters. The number of pyridine rings is 8. The van der Waals surface area contributed by atoms with E-state index in [1.54, 1.807) is 64.5 Å². The number of aryl methyl sites for hydroxylation is 15. The predicted octanol–water partition coefficient (Wildman–Crippen LogP) is 24.1. The highest BCUT2D eigenvalue weighted by atomic mass is 16.4. The molecule has 16 rings (SSSR count). The van der Waals surface area contributed by atoms with Gasteiger partial charge in [-0.2, -0.15) is 0 Å². The van der Waals surface area contributed by atoms with Crippen molar-refractivity contribution in [2.75, 3.05) is 0 Å². The zero-order valence-corrected chi connectivity index (χ0v) is 68.7. The SMILES string of the molecule is CCC(CC)c1ccc(-c2c(C)ccc3c2oc2nc(C)ccc23)[n+](C)c1.[2H]C([2H])(C)c1cc(-c2c(C)ccc3c2oc2nc(C(C)C)ccc23)[n+](C)cc1C([2H])([2H])C.[2H]C([2H])(C)c1cc(-c2c(C)ccc3c2oc2nc(C([2H])(C)C)ccc23)[n+](C)cc1C([2H])([2H])C.[2H]C([2H])(C)c1cc(-c2c(C)ccc3c2oc2nc(C([2H])(C)C)ccc23)[n+](C)cc1C([2H])([2H])C. The van der Waals surface area contributed by atoms with Crippen LogP contribution in [0.15, 0.2) is 170 Å². The Hall–Kier alpha value is -10.7. The Morgan fingerprint density at radius 2 is 0.613 bits per heavy atom. The number of aromatic nitrogens is 8. The Morgan fingerprint density at radius 3 is 0.919 bits per heavy atom. The molecular weight excluding hydrogens is 1370 g/mol. The highest BCUT2D eigenvalue weighted by molar-refractivity contribution is 6.12. The lowest BCUT2D eigenvalue weighted by Crippen LogP contribution is -2.32. The van der Waals surface area contributed by atoms with Crippen LogP contribution in [0, 0.1) is 34.6 Å². The van der Waals surface area contributed by atoms with Gasteiger partial charge in [-0.25, -0.2) is 38.2 Å². The first-order chi connectivity index (χ1) is 58.0. The van der Waals surface area contributed by atoms with Gasteiger partial charge >= 0.3 is 0 Å². The quantitative estimate of drug-likeness (QED) is 0.0878. The third kappa shape index (κ3) is 15.0. The van der Waals surface area contributed by atoms with Crippen LogP contribution in [0.25, 0.3) is 133 Å². The molecule has 0 fully saturated rings. The van der Waals surface area contributed by atoms with Gasteiger partial charge in [0.2, 0.25) is 45.6 Å². The zero-order chi connectivity index (χ0) is 91.7. The molecule has 4 aromatic carbocycles. The number of nitrogens with zero attached hydrogens (tertiary/aromatic N) is 8. The highest BCUT2D eigenvalue weighted by Crippen LogP contribution is 2.43. The first-order valence-corrected chi connectivity index (χ1v) is 38.4. The molecule has 0 aliphatic rings. The van der Waals surface area contributed by atoms with E-state index in [2.05, 4.69) is 97.7 Å². The fourth-order valence-corrected chi connectivity index (χ4v) is 15.3. The molecule has 16 aromatic rings. The van der Waals surface area contributed by atoms with Crippen LogP contribution in [0.3, 0.4) is 0 Å². The van der Waals surface area contributed by atoms with E-state index in [1.165, 1.54) is 71.2 Å². The van der Waals surface area contributed by atoms with E-state index in [0.717, 1.165) is 116 Å². The van der Waals surface area contributed by atoms with Crippen molar-refractivity contribution in [2.24, 2.45) is 28.2 Å². The van der Waals surface area contributed by atoms with Crippen molar-refractivity contribution in [3.05, 3.63) is 236 Å². The van der Waals surface area contributed by atoms with Gasteiger partial charge in [-0.3, -0.25) is 0 Å². The van der Waals surface area contributed by atoms with E-state index in [1.807, 2.05) is 141 Å². The average molecular weight is 1490 g/mol. The second-order valence-electron chi connectivity index (χ2n) is 29.9. The van der Waals surface area contributed by atoms with E-state index in [-0.39, 0.29) is 5.92 Å². The molecule has 570 valence electrons. The summed E-state index contributed by atoms with van der Waals surface area (Å²) in [5.74, 6) is -0.803. The monoisotopic (exact) mass is 1490 g/mol. The van der Waals surface area contributed by atoms with E-state index in [4.69, 9.17) is 41.8 Å². The summed E-state index contributed by atoms with van der Waals surface area (Å²) in [7, 11) is 7.65. The molecule has 0 saturated carbocycles. The van der Waals surface area contributed by atoms with Gasteiger partial charge < -0.3 is 17.7 Å². The second kappa shape index (κ2) is 32.7. The number of hydrogen-bond acceptors (Lipinski definition) is 8. The molecule has 0 N–H and O–H groups in total. The Morgan fingerprint density at radius 1 is 0.324 bits per heavy atom. The number of furan rings is 4. The lowest BCUT2D eigenvalue weighted by Gasteiger charge is -2.12. The molecular formula is C99H114N8O4+4. The second-order valence-corrected chi connectivity index (χ2v) is 29.9. The van der Waals surface area contributed by atoms with Crippen molar-refractivity contribution >= 4 is 88.3 Å². The van der Waals surface area contributed by atoms with Crippen molar-refractivity contribution < 1.29 is 55.1 Å². The summed E-state index contributed by atoms with van der Waals surface area (Å²) < 4.78 is 149. The highest BCUT2D eigenvalue weighted by Gasteiger charge is 2.29. The average Bonchev–Trinajstić information content (AvgIpc) is 1.68. The first-order valence-electron chi connectivity index (χ1n) is 45.4. The molecule has 0 aliphatic heterocycles. The summed E-state index contributed by atoms with van der Waals surface area (Å²) in [4.78, 5) is 18.5. The van der Waals surface area contributed by atoms with Crippen LogP contribution in [0.5, 0.6) is 0 Å². The standard InChI is InChI=1S/3C25H29N2O.C24H27N2O/c3*1-7-17-13-22(27(6)14-18(17)8-2)23-16(5)9-10-19-20-11-12-21(15(3)4)26-25(20)28-24(19)23;1-6-17(7-2)18-10-13-21(26(5)14-18)22-15(3)8-11-19-20-12-9-16(4)25-24(20)27-23(19)22/h3*9-15H,7-8H2,1-6H3;8-14,17H,6-7H2,1-5H3/q4*+1/i2*7D2,8D2,15D;7D2,8D2;. The van der Waals surface area contributed by atoms with Crippen molar-refractivity contribution in [2.45, 2.75) is 206 Å². The molecule has 0 spiro atoms. The van der Waals surface area contributed by atoms with Crippen LogP contribution in [0.4, 0.5) is 0 Å². The first kappa shape index (κ1) is 62.0. The number of hydrogen-bond donors (Lipinski definition) is 0. The molecule has 0 radical (unpaired) electrons. The molecule has 0 amide bonds. The summed E-state index contributed by atoms with van der Waals surface area (Å²) >= 11 is 0. The Bertz CT molecular complexity index is 6690. The molecule has 0 atom stereocenters. The predicted molar refractivity (Wildman–Crippen MR) is 458 cm³/mol. The lowest BCUT2D eigenvalue weighted by molar-refractivity contribution is -0.661. The topological polar surface area (TPSA) is 120 Å². The maximum atomic E-state index is 8.35. The van der Waals surface area contributed by atoms with Gasteiger partial charge in [-0.1, -0.05) is 145 Å². The van der Waals surface area contributed by atoms with Crippen LogP contribution in [-0.4, -0.2) is 19.9 Å². The van der Waals surface area contributed by atoms with Crippen molar-refractivity contribution in [1.82, 2.24) is 19.9 Å². The number of fused-ring (bicyclic) bond motifs is 12. The molecule has 12 aromatic heterocycles. The van der Waals surface area contributed by atoms with E-state index in [0.29, 0.717) is 90.3 Å². The summed E-state index contributed by atoms with van der Waals surface area (Å²) in [6.07, 6.45) is -0.579. The molecule has 12 heterocycles. The molecule has 12 heteroatoms. The van der Waals surface area contributed by atoms with E-state index < -0.39 is 50.0 Å². The van der Waals surface area contributed by atoms with Crippen LogP contribution in [0.2, 0.25) is 0 Å². The summed E-state index contributed by atoms with van der Waals surface area (Å²) in [6, 6.07) is 41.9. The minimum absolute atomic E-state index is 0.289. The minimum atomic E-state index is -1.73. The Labute approximate surface area is 676 Å². The third-order valence-corrected chi connectivity index (χ3v) is 21.7. The van der Waals surface area contributed by atoms with Crippen molar-refractivity contribution in [3.8, 4) is 45.0 Å².